The first-order valence-electron chi connectivity index (χ1n) is 8.26. The van der Waals surface area contributed by atoms with Gasteiger partial charge in [0.25, 0.3) is 15.9 Å². The average Bonchev–Trinajstić information content (AvgIpc) is 3.20. The van der Waals surface area contributed by atoms with Crippen molar-refractivity contribution in [1.29, 1.82) is 0 Å². The molecule has 1 aromatic heterocycles. The van der Waals surface area contributed by atoms with Crippen molar-refractivity contribution >= 4 is 21.6 Å². The molecular weight excluding hydrogens is 382 g/mol. The van der Waals surface area contributed by atoms with Crippen LogP contribution < -0.4 is 5.32 Å². The Labute approximate surface area is 162 Å². The normalized spacial score (nSPS) is 11.5. The summed E-state index contributed by atoms with van der Waals surface area (Å²) in [7, 11) is -1.31. The fourth-order valence-electron chi connectivity index (χ4n) is 2.50. The van der Waals surface area contributed by atoms with Gasteiger partial charge in [-0.2, -0.15) is 5.10 Å². The maximum Gasteiger partial charge on any atom is 0.264 e. The van der Waals surface area contributed by atoms with Crippen LogP contribution in [-0.2, 0) is 21.4 Å². The van der Waals surface area contributed by atoms with Gasteiger partial charge in [0.05, 0.1) is 18.6 Å². The highest BCUT2D eigenvalue weighted by Gasteiger charge is 2.22. The summed E-state index contributed by atoms with van der Waals surface area (Å²) in [6, 6.07) is 13.1. The molecule has 10 heteroatoms. The number of amides is 1. The molecule has 0 aliphatic rings. The first-order chi connectivity index (χ1) is 13.4. The van der Waals surface area contributed by atoms with Gasteiger partial charge in [-0.1, -0.05) is 22.7 Å². The molecule has 0 atom stereocenters. The van der Waals surface area contributed by atoms with Crippen LogP contribution in [0, 0.1) is 0 Å². The van der Waals surface area contributed by atoms with Crippen LogP contribution in [-0.4, -0.2) is 47.7 Å². The number of benzene rings is 2. The molecule has 0 radical (unpaired) electrons. The van der Waals surface area contributed by atoms with Gasteiger partial charge in [0.2, 0.25) is 0 Å². The second-order valence-electron chi connectivity index (χ2n) is 5.87. The molecule has 3 aromatic rings. The van der Waals surface area contributed by atoms with Gasteiger partial charge in [0, 0.05) is 18.3 Å². The van der Waals surface area contributed by atoms with Crippen LogP contribution in [0.1, 0.15) is 15.9 Å². The quantitative estimate of drug-likeness (QED) is 0.605. The minimum Gasteiger partial charge on any atom is -0.322 e. The lowest BCUT2D eigenvalue weighted by Gasteiger charge is -2.14. The molecule has 9 nitrogen and oxygen atoms in total. The topological polar surface area (TPSA) is 106 Å². The molecule has 0 fully saturated rings. The van der Waals surface area contributed by atoms with E-state index in [1.807, 2.05) is 18.2 Å². The van der Waals surface area contributed by atoms with Gasteiger partial charge in [-0.3, -0.25) is 9.63 Å². The summed E-state index contributed by atoms with van der Waals surface area (Å²) >= 11 is 0. The number of anilines is 1. The van der Waals surface area contributed by atoms with E-state index in [9.17, 15) is 13.2 Å². The molecule has 1 N–H and O–H groups in total. The Morgan fingerprint density at radius 2 is 2.00 bits per heavy atom. The van der Waals surface area contributed by atoms with Crippen LogP contribution in [0.2, 0.25) is 0 Å². The monoisotopic (exact) mass is 401 g/mol. The smallest absolute Gasteiger partial charge is 0.264 e. The Bertz CT molecular complexity index is 1070. The third-order valence-corrected chi connectivity index (χ3v) is 5.66. The number of rotatable bonds is 7. The van der Waals surface area contributed by atoms with Crippen molar-refractivity contribution < 1.29 is 18.0 Å². The van der Waals surface area contributed by atoms with Crippen LogP contribution in [0.3, 0.4) is 0 Å². The highest BCUT2D eigenvalue weighted by atomic mass is 32.2. The third kappa shape index (κ3) is 4.42. The first-order valence-corrected chi connectivity index (χ1v) is 9.70. The van der Waals surface area contributed by atoms with Crippen LogP contribution in [0.25, 0.3) is 0 Å². The van der Waals surface area contributed by atoms with Crippen molar-refractivity contribution in [3.8, 4) is 0 Å². The van der Waals surface area contributed by atoms with E-state index < -0.39 is 15.9 Å². The number of nitrogens with zero attached hydrogens (tertiary/aromatic N) is 4. The molecule has 0 aliphatic carbocycles. The van der Waals surface area contributed by atoms with Crippen LogP contribution >= 0.6 is 0 Å². The number of sulfonamides is 1. The SMILES string of the molecule is CON(C)S(=O)(=O)c1cccc(C(=O)Nc2cccc(Cn3cncn3)c2)c1. The fraction of sp³-hybridized carbons (Fsp3) is 0.167. The predicted octanol–water partition coefficient (Wildman–Crippen LogP) is 1.76. The van der Waals surface area contributed by atoms with Crippen molar-refractivity contribution in [3.05, 3.63) is 72.3 Å². The molecule has 1 amide bonds. The van der Waals surface area contributed by atoms with E-state index in [2.05, 4.69) is 15.4 Å². The van der Waals surface area contributed by atoms with Gasteiger partial charge in [-0.05, 0) is 35.9 Å². The van der Waals surface area contributed by atoms with E-state index >= 15 is 0 Å². The minimum atomic E-state index is -3.84. The number of nitrogens with one attached hydrogen (secondary N) is 1. The zero-order valence-corrected chi connectivity index (χ0v) is 16.1. The predicted molar refractivity (Wildman–Crippen MR) is 102 cm³/mol. The number of carbonyl (C=O) groups is 1. The van der Waals surface area contributed by atoms with Gasteiger partial charge in [0.1, 0.15) is 12.7 Å². The van der Waals surface area contributed by atoms with E-state index in [4.69, 9.17) is 4.84 Å². The highest BCUT2D eigenvalue weighted by Crippen LogP contribution is 2.18. The molecule has 3 rings (SSSR count). The van der Waals surface area contributed by atoms with Crippen LogP contribution in [0.5, 0.6) is 0 Å². The molecule has 28 heavy (non-hydrogen) atoms. The van der Waals surface area contributed by atoms with Crippen molar-refractivity contribution in [3.63, 3.8) is 0 Å². The number of hydrogen-bond acceptors (Lipinski definition) is 6. The second kappa shape index (κ2) is 8.30. The molecule has 0 aliphatic heterocycles. The molecule has 0 saturated carbocycles. The largest absolute Gasteiger partial charge is 0.322 e. The summed E-state index contributed by atoms with van der Waals surface area (Å²) in [6.07, 6.45) is 3.06. The lowest BCUT2D eigenvalue weighted by Crippen LogP contribution is -2.26. The molecule has 146 valence electrons. The maximum atomic E-state index is 12.6. The molecule has 0 unspecified atom stereocenters. The Kier molecular flexibility index (Phi) is 5.83. The minimum absolute atomic E-state index is 0.0376. The molecule has 0 bridgehead atoms. The molecule has 0 spiro atoms. The Hall–Kier alpha value is -3.08. The summed E-state index contributed by atoms with van der Waals surface area (Å²) < 4.78 is 27.1. The van der Waals surface area contributed by atoms with Gasteiger partial charge >= 0.3 is 0 Å². The lowest BCUT2D eigenvalue weighted by molar-refractivity contribution is -0.0258. The number of aromatic nitrogens is 3. The highest BCUT2D eigenvalue weighted by molar-refractivity contribution is 7.89. The molecule has 0 saturated heterocycles. The van der Waals surface area contributed by atoms with E-state index in [-0.39, 0.29) is 10.5 Å². The summed E-state index contributed by atoms with van der Waals surface area (Å²) in [6.45, 7) is 0.515. The molecule has 1 heterocycles. The van der Waals surface area contributed by atoms with Crippen molar-refractivity contribution in [2.24, 2.45) is 0 Å². The summed E-state index contributed by atoms with van der Waals surface area (Å²) in [5, 5.41) is 6.83. The van der Waals surface area contributed by atoms with Gasteiger partial charge in [0.15, 0.2) is 0 Å². The Morgan fingerprint density at radius 3 is 2.71 bits per heavy atom. The Morgan fingerprint density at radius 1 is 1.21 bits per heavy atom. The fourth-order valence-corrected chi connectivity index (χ4v) is 3.52. The summed E-state index contributed by atoms with van der Waals surface area (Å²) in [4.78, 5) is 21.2. The van der Waals surface area contributed by atoms with E-state index in [1.54, 1.807) is 23.1 Å². The van der Waals surface area contributed by atoms with E-state index in [1.165, 1.54) is 38.7 Å². The average molecular weight is 401 g/mol. The third-order valence-electron chi connectivity index (χ3n) is 3.99. The first kappa shape index (κ1) is 19.7. The number of hydrogen-bond donors (Lipinski definition) is 1. The van der Waals surface area contributed by atoms with Crippen molar-refractivity contribution in [2.45, 2.75) is 11.4 Å². The standard InChI is InChI=1S/C18H19N5O4S/c1-22(27-2)28(25,26)17-8-4-6-15(10-17)18(24)21-16-7-3-5-14(9-16)11-23-13-19-12-20-23/h3-10,12-13H,11H2,1-2H3,(H,21,24). The van der Waals surface area contributed by atoms with Crippen molar-refractivity contribution in [1.82, 2.24) is 19.2 Å². The second-order valence-corrected chi connectivity index (χ2v) is 7.81. The Balaban J connectivity index is 1.78. The van der Waals surface area contributed by atoms with Gasteiger partial charge in [-0.25, -0.2) is 18.1 Å². The summed E-state index contributed by atoms with van der Waals surface area (Å²) in [5.41, 5.74) is 1.73. The van der Waals surface area contributed by atoms with E-state index in [0.717, 1.165) is 10.0 Å². The van der Waals surface area contributed by atoms with Crippen LogP contribution in [0.15, 0.2) is 66.1 Å². The van der Waals surface area contributed by atoms with Crippen molar-refractivity contribution in [2.75, 3.05) is 19.5 Å². The van der Waals surface area contributed by atoms with Crippen LogP contribution in [0.4, 0.5) is 5.69 Å². The number of carbonyl (C=O) groups excluding carboxylic acids is 1. The van der Waals surface area contributed by atoms with E-state index in [0.29, 0.717) is 12.2 Å². The zero-order valence-electron chi connectivity index (χ0n) is 15.3. The maximum absolute atomic E-state index is 12.6. The molecular formula is C18H19N5O4S. The lowest BCUT2D eigenvalue weighted by atomic mass is 10.1. The zero-order chi connectivity index (χ0) is 20.1. The van der Waals surface area contributed by atoms with Gasteiger partial charge < -0.3 is 5.32 Å². The summed E-state index contributed by atoms with van der Waals surface area (Å²) in [5.74, 6) is -0.421. The molecule has 2 aromatic carbocycles. The number of hydroxylamine groups is 1. The van der Waals surface area contributed by atoms with Gasteiger partial charge in [-0.15, -0.1) is 0 Å².